The number of hydrogen-bond donors (Lipinski definition) is 2. The highest BCUT2D eigenvalue weighted by Crippen LogP contribution is 2.61. The number of nitrogens with one attached hydrogen (secondary N) is 1. The Bertz CT molecular complexity index is 1230. The Kier molecular flexibility index (Phi) is 4.34. The fourth-order valence-corrected chi connectivity index (χ4v) is 5.40. The number of fused-ring (bicyclic) bond motifs is 3. The zero-order valence-electron chi connectivity index (χ0n) is 17.6. The molecule has 3 atom stereocenters. The lowest BCUT2D eigenvalue weighted by Crippen LogP contribution is -2.68. The Balaban J connectivity index is 1.51. The SMILES string of the molecule is CN1C(=O)c2c(O)c(=O)c(C(=O)NCc3ccc(F)cc3F)cn2N(C)[C@@]12CC[C@@H]1C[C@@H]12. The number of nitrogens with zero attached hydrogens (tertiary/aromatic N) is 3. The summed E-state index contributed by atoms with van der Waals surface area (Å²) in [5, 5.41) is 14.8. The molecule has 10 heteroatoms. The number of halogens is 2. The minimum atomic E-state index is -0.991. The van der Waals surface area contributed by atoms with Crippen molar-refractivity contribution in [1.29, 1.82) is 0 Å². The third-order valence-electron chi connectivity index (χ3n) is 7.23. The molecule has 2 fully saturated rings. The molecule has 0 radical (unpaired) electrons. The highest BCUT2D eigenvalue weighted by atomic mass is 19.1. The number of hydrogen-bond acceptors (Lipinski definition) is 5. The van der Waals surface area contributed by atoms with E-state index in [1.807, 2.05) is 5.01 Å². The molecule has 8 nitrogen and oxygen atoms in total. The molecule has 1 aromatic heterocycles. The smallest absolute Gasteiger partial charge is 0.278 e. The van der Waals surface area contributed by atoms with Crippen molar-refractivity contribution >= 4 is 11.8 Å². The number of carbonyl (C=O) groups excluding carboxylic acids is 2. The molecule has 1 spiro atoms. The maximum absolute atomic E-state index is 13.9. The molecule has 1 aromatic carbocycles. The van der Waals surface area contributed by atoms with Gasteiger partial charge < -0.3 is 15.3 Å². The predicted molar refractivity (Wildman–Crippen MR) is 110 cm³/mol. The Morgan fingerprint density at radius 2 is 2.03 bits per heavy atom. The van der Waals surface area contributed by atoms with Crippen LogP contribution in [0.15, 0.2) is 29.2 Å². The number of aromatic hydroxyl groups is 1. The molecule has 1 aliphatic heterocycles. The molecular weight excluding hydrogens is 422 g/mol. The first-order chi connectivity index (χ1) is 15.2. The van der Waals surface area contributed by atoms with Crippen molar-refractivity contribution in [2.45, 2.75) is 31.5 Å². The van der Waals surface area contributed by atoms with Crippen molar-refractivity contribution in [1.82, 2.24) is 14.9 Å². The molecule has 0 unspecified atom stereocenters. The van der Waals surface area contributed by atoms with Crippen LogP contribution in [0.4, 0.5) is 8.78 Å². The molecule has 2 saturated carbocycles. The average Bonchev–Trinajstić information content (AvgIpc) is 3.45. The minimum Gasteiger partial charge on any atom is -0.502 e. The molecule has 2 aliphatic carbocycles. The van der Waals surface area contributed by atoms with Gasteiger partial charge in [0.15, 0.2) is 11.4 Å². The highest BCUT2D eigenvalue weighted by Gasteiger charge is 2.65. The molecule has 2 N–H and O–H groups in total. The second-order valence-electron chi connectivity index (χ2n) is 8.74. The van der Waals surface area contributed by atoms with E-state index in [9.17, 15) is 28.3 Å². The lowest BCUT2D eigenvalue weighted by molar-refractivity contribution is 0.0328. The van der Waals surface area contributed by atoms with E-state index in [2.05, 4.69) is 5.32 Å². The summed E-state index contributed by atoms with van der Waals surface area (Å²) in [7, 11) is 3.44. The van der Waals surface area contributed by atoms with Crippen molar-refractivity contribution < 1.29 is 23.5 Å². The van der Waals surface area contributed by atoms with E-state index in [0.29, 0.717) is 12.0 Å². The van der Waals surface area contributed by atoms with Gasteiger partial charge in [0, 0.05) is 44.4 Å². The first kappa shape index (κ1) is 20.5. The van der Waals surface area contributed by atoms with Crippen LogP contribution in [-0.4, -0.2) is 46.3 Å². The quantitative estimate of drug-likeness (QED) is 0.749. The second kappa shape index (κ2) is 6.78. The first-order valence-corrected chi connectivity index (χ1v) is 10.4. The van der Waals surface area contributed by atoms with Crippen molar-refractivity contribution in [2.75, 3.05) is 19.1 Å². The van der Waals surface area contributed by atoms with Crippen LogP contribution in [0, 0.1) is 23.5 Å². The van der Waals surface area contributed by atoms with Crippen molar-refractivity contribution in [3.05, 3.63) is 63.1 Å². The first-order valence-electron chi connectivity index (χ1n) is 10.4. The summed E-state index contributed by atoms with van der Waals surface area (Å²) in [4.78, 5) is 40.2. The van der Waals surface area contributed by atoms with Gasteiger partial charge in [-0.3, -0.25) is 24.1 Å². The lowest BCUT2D eigenvalue weighted by Gasteiger charge is -2.52. The van der Waals surface area contributed by atoms with Crippen molar-refractivity contribution in [3.8, 4) is 5.75 Å². The number of pyridine rings is 1. The molecule has 32 heavy (non-hydrogen) atoms. The summed E-state index contributed by atoms with van der Waals surface area (Å²) in [5.74, 6) is -2.88. The molecule has 3 aliphatic rings. The van der Waals surface area contributed by atoms with Crippen molar-refractivity contribution in [3.63, 3.8) is 0 Å². The maximum Gasteiger partial charge on any atom is 0.278 e. The van der Waals surface area contributed by atoms with Crippen LogP contribution in [0.2, 0.25) is 0 Å². The molecule has 0 saturated heterocycles. The summed E-state index contributed by atoms with van der Waals surface area (Å²) < 4.78 is 28.3. The number of aromatic nitrogens is 1. The van der Waals surface area contributed by atoms with Crippen molar-refractivity contribution in [2.24, 2.45) is 11.8 Å². The summed E-state index contributed by atoms with van der Waals surface area (Å²) in [6.07, 6.45) is 3.97. The number of amides is 2. The molecular formula is C22H22F2N4O4. The Labute approximate surface area is 182 Å². The van der Waals surface area contributed by atoms with E-state index in [-0.39, 0.29) is 29.3 Å². The van der Waals surface area contributed by atoms with Gasteiger partial charge in [0.05, 0.1) is 0 Å². The zero-order valence-corrected chi connectivity index (χ0v) is 17.6. The molecule has 0 bridgehead atoms. The molecule has 2 aromatic rings. The second-order valence-corrected chi connectivity index (χ2v) is 8.74. The summed E-state index contributed by atoms with van der Waals surface area (Å²) in [5.41, 5.74) is -2.11. The maximum atomic E-state index is 13.9. The largest absolute Gasteiger partial charge is 0.502 e. The average molecular weight is 444 g/mol. The highest BCUT2D eigenvalue weighted by molar-refractivity contribution is 5.99. The van der Waals surface area contributed by atoms with Gasteiger partial charge in [0.2, 0.25) is 5.43 Å². The monoisotopic (exact) mass is 444 g/mol. The van der Waals surface area contributed by atoms with Crippen LogP contribution >= 0.6 is 0 Å². The van der Waals surface area contributed by atoms with E-state index < -0.39 is 40.3 Å². The van der Waals surface area contributed by atoms with Crippen LogP contribution in [0.5, 0.6) is 5.75 Å². The van der Waals surface area contributed by atoms with Gasteiger partial charge in [-0.05, 0) is 31.2 Å². The topological polar surface area (TPSA) is 94.9 Å². The van der Waals surface area contributed by atoms with Crippen LogP contribution in [0.1, 0.15) is 45.7 Å². The molecule has 2 amide bonds. The molecule has 5 rings (SSSR count). The van der Waals surface area contributed by atoms with Gasteiger partial charge in [-0.15, -0.1) is 0 Å². The van der Waals surface area contributed by atoms with E-state index >= 15 is 0 Å². The van der Waals surface area contributed by atoms with Gasteiger partial charge in [-0.25, -0.2) is 8.78 Å². The van der Waals surface area contributed by atoms with E-state index in [1.54, 1.807) is 19.0 Å². The van der Waals surface area contributed by atoms with E-state index in [4.69, 9.17) is 0 Å². The summed E-state index contributed by atoms with van der Waals surface area (Å²) >= 11 is 0. The lowest BCUT2D eigenvalue weighted by atomic mass is 9.98. The van der Waals surface area contributed by atoms with Gasteiger partial charge >= 0.3 is 0 Å². The van der Waals surface area contributed by atoms with Gasteiger partial charge in [-0.2, -0.15) is 0 Å². The van der Waals surface area contributed by atoms with Gasteiger partial charge in [0.25, 0.3) is 11.8 Å². The predicted octanol–water partition coefficient (Wildman–Crippen LogP) is 1.54. The van der Waals surface area contributed by atoms with Crippen LogP contribution in [0.25, 0.3) is 0 Å². The Hall–Kier alpha value is -3.43. The third-order valence-corrected chi connectivity index (χ3v) is 7.23. The summed E-state index contributed by atoms with van der Waals surface area (Å²) in [6.45, 7) is -0.280. The standard InChI is InChI=1S/C22H22F2N4O4/c1-26-21(32)17-19(30)18(29)14(20(31)25-9-12-3-4-13(23)8-16(12)24)10-28(17)27(2)22(26)6-5-11-7-15(11)22/h3-4,8,10-11,15,30H,5-7,9H2,1-2H3,(H,25,31)/t11-,15+,22-/m1/s1. The van der Waals surface area contributed by atoms with E-state index in [0.717, 1.165) is 25.3 Å². The Morgan fingerprint density at radius 1 is 1.28 bits per heavy atom. The van der Waals surface area contributed by atoms with Crippen LogP contribution in [0.3, 0.4) is 0 Å². The Morgan fingerprint density at radius 3 is 2.66 bits per heavy atom. The third kappa shape index (κ3) is 2.68. The number of carbonyl (C=O) groups is 2. The van der Waals surface area contributed by atoms with Crippen LogP contribution in [-0.2, 0) is 6.54 Å². The van der Waals surface area contributed by atoms with Crippen LogP contribution < -0.4 is 15.8 Å². The van der Waals surface area contributed by atoms with E-state index in [1.165, 1.54) is 16.9 Å². The number of rotatable bonds is 3. The summed E-state index contributed by atoms with van der Waals surface area (Å²) in [6, 6.07) is 2.96. The normalized spacial score (nSPS) is 25.7. The zero-order chi connectivity index (χ0) is 22.9. The molecule has 2 heterocycles. The number of benzene rings is 1. The van der Waals surface area contributed by atoms with Gasteiger partial charge in [0.1, 0.15) is 22.9 Å². The molecule has 168 valence electrons. The fraction of sp³-hybridized carbons (Fsp3) is 0.409. The minimum absolute atomic E-state index is 0.0423. The fourth-order valence-electron chi connectivity index (χ4n) is 5.40. The van der Waals surface area contributed by atoms with Gasteiger partial charge in [-0.1, -0.05) is 6.07 Å².